The van der Waals surface area contributed by atoms with E-state index in [-0.39, 0.29) is 12.3 Å². The number of amides is 4. The summed E-state index contributed by atoms with van der Waals surface area (Å²) in [7, 11) is 0. The van der Waals surface area contributed by atoms with Crippen molar-refractivity contribution in [2.45, 2.75) is 20.3 Å². The van der Waals surface area contributed by atoms with E-state index < -0.39 is 11.8 Å². The molecule has 0 bridgehead atoms. The maximum atomic E-state index is 12.2. The second-order valence-corrected chi connectivity index (χ2v) is 6.76. The van der Waals surface area contributed by atoms with E-state index >= 15 is 0 Å². The first-order valence-electron chi connectivity index (χ1n) is 8.68. The normalized spacial score (nSPS) is 14.5. The largest absolute Gasteiger partial charge is 0.342 e. The number of anilines is 1. The van der Waals surface area contributed by atoms with Gasteiger partial charge in [0.05, 0.1) is 6.42 Å². The molecule has 0 radical (unpaired) electrons. The Kier molecular flexibility index (Phi) is 7.51. The SMILES string of the molecule is CC(CC(=O)N1CCN(C=O)CC1)=NNC(=O)C(=O)Nc1cccc(Cl)c1C. The fraction of sp³-hybridized carbons (Fsp3) is 0.389. The van der Waals surface area contributed by atoms with Crippen LogP contribution in [0.5, 0.6) is 0 Å². The lowest BCUT2D eigenvalue weighted by Gasteiger charge is -2.32. The van der Waals surface area contributed by atoms with Gasteiger partial charge in [-0.2, -0.15) is 5.10 Å². The Morgan fingerprint density at radius 1 is 1.18 bits per heavy atom. The topological polar surface area (TPSA) is 111 Å². The minimum atomic E-state index is -0.953. The molecular weight excluding hydrogens is 386 g/mol. The molecule has 0 aromatic heterocycles. The van der Waals surface area contributed by atoms with Crippen molar-refractivity contribution in [3.63, 3.8) is 0 Å². The van der Waals surface area contributed by atoms with Crippen LogP contribution in [0.3, 0.4) is 0 Å². The quantitative estimate of drug-likeness (QED) is 0.325. The summed E-state index contributed by atoms with van der Waals surface area (Å²) in [6.45, 7) is 5.20. The average Bonchev–Trinajstić information content (AvgIpc) is 2.69. The standard InChI is InChI=1S/C18H22ClN5O4/c1-12(10-16(26)24-8-6-23(11-25)7-9-24)21-22-18(28)17(27)20-15-5-3-4-14(19)13(15)2/h3-5,11H,6-10H2,1-2H3,(H,20,27)(H,22,28). The van der Waals surface area contributed by atoms with E-state index in [0.717, 1.165) is 6.41 Å². The summed E-state index contributed by atoms with van der Waals surface area (Å²) < 4.78 is 0. The first-order chi connectivity index (χ1) is 13.3. The van der Waals surface area contributed by atoms with Gasteiger partial charge < -0.3 is 15.1 Å². The zero-order valence-corrected chi connectivity index (χ0v) is 16.5. The molecule has 1 saturated heterocycles. The van der Waals surface area contributed by atoms with Gasteiger partial charge in [-0.15, -0.1) is 0 Å². The second kappa shape index (κ2) is 9.84. The van der Waals surface area contributed by atoms with Crippen LogP contribution in [0.4, 0.5) is 5.69 Å². The van der Waals surface area contributed by atoms with Crippen LogP contribution in [0.1, 0.15) is 18.9 Å². The molecule has 1 heterocycles. The molecule has 0 aliphatic carbocycles. The number of piperazine rings is 1. The number of hydrazone groups is 1. The van der Waals surface area contributed by atoms with E-state index in [1.165, 1.54) is 0 Å². The first kappa shape index (κ1) is 21.4. The Bertz CT molecular complexity index is 803. The number of nitrogens with one attached hydrogen (secondary N) is 2. The monoisotopic (exact) mass is 407 g/mol. The van der Waals surface area contributed by atoms with Gasteiger partial charge >= 0.3 is 11.8 Å². The Balaban J connectivity index is 1.83. The second-order valence-electron chi connectivity index (χ2n) is 6.35. The van der Waals surface area contributed by atoms with Gasteiger partial charge in [0.15, 0.2) is 0 Å². The number of rotatable bonds is 5. The lowest BCUT2D eigenvalue weighted by molar-refractivity contribution is -0.136. The van der Waals surface area contributed by atoms with Gasteiger partial charge in [0.1, 0.15) is 0 Å². The minimum absolute atomic E-state index is 0.0103. The van der Waals surface area contributed by atoms with Gasteiger partial charge in [0.25, 0.3) is 0 Å². The smallest absolute Gasteiger partial charge is 0.329 e. The van der Waals surface area contributed by atoms with Crippen molar-refractivity contribution in [2.24, 2.45) is 5.10 Å². The number of hydrogen-bond acceptors (Lipinski definition) is 5. The highest BCUT2D eigenvalue weighted by molar-refractivity contribution is 6.40. The fourth-order valence-corrected chi connectivity index (χ4v) is 2.74. The van der Waals surface area contributed by atoms with Crippen molar-refractivity contribution >= 4 is 47.1 Å². The summed E-state index contributed by atoms with van der Waals surface area (Å²) in [5.74, 6) is -2.00. The Morgan fingerprint density at radius 2 is 1.86 bits per heavy atom. The van der Waals surface area contributed by atoms with Gasteiger partial charge in [-0.05, 0) is 31.5 Å². The van der Waals surface area contributed by atoms with Crippen molar-refractivity contribution < 1.29 is 19.2 Å². The van der Waals surface area contributed by atoms with Crippen molar-refractivity contribution in [1.82, 2.24) is 15.2 Å². The number of nitrogens with zero attached hydrogens (tertiary/aromatic N) is 3. The molecule has 0 atom stereocenters. The number of hydrogen-bond donors (Lipinski definition) is 2. The van der Waals surface area contributed by atoms with E-state index in [1.807, 2.05) is 0 Å². The molecule has 0 saturated carbocycles. The number of benzene rings is 1. The van der Waals surface area contributed by atoms with Crippen LogP contribution in [0.2, 0.25) is 5.02 Å². The lowest BCUT2D eigenvalue weighted by Crippen LogP contribution is -2.48. The number of carbonyl (C=O) groups is 4. The van der Waals surface area contributed by atoms with Crippen LogP contribution in [-0.4, -0.2) is 65.8 Å². The molecule has 1 aliphatic heterocycles. The van der Waals surface area contributed by atoms with E-state index in [2.05, 4.69) is 15.8 Å². The van der Waals surface area contributed by atoms with Crippen molar-refractivity contribution in [3.05, 3.63) is 28.8 Å². The van der Waals surface area contributed by atoms with Gasteiger partial charge in [0, 0.05) is 42.6 Å². The molecule has 4 amide bonds. The van der Waals surface area contributed by atoms with E-state index in [4.69, 9.17) is 11.6 Å². The predicted octanol–water partition coefficient (Wildman–Crippen LogP) is 0.770. The van der Waals surface area contributed by atoms with Gasteiger partial charge in [-0.1, -0.05) is 17.7 Å². The van der Waals surface area contributed by atoms with Crippen LogP contribution >= 0.6 is 11.6 Å². The zero-order chi connectivity index (χ0) is 20.7. The zero-order valence-electron chi connectivity index (χ0n) is 15.7. The van der Waals surface area contributed by atoms with E-state index in [0.29, 0.717) is 48.2 Å². The van der Waals surface area contributed by atoms with E-state index in [9.17, 15) is 19.2 Å². The van der Waals surface area contributed by atoms with Crippen LogP contribution in [0.15, 0.2) is 23.3 Å². The molecule has 28 heavy (non-hydrogen) atoms. The molecule has 1 aliphatic rings. The van der Waals surface area contributed by atoms with Gasteiger partial charge in [-0.3, -0.25) is 19.2 Å². The molecule has 1 aromatic carbocycles. The highest BCUT2D eigenvalue weighted by Gasteiger charge is 2.21. The van der Waals surface area contributed by atoms with Crippen LogP contribution < -0.4 is 10.7 Å². The molecule has 2 N–H and O–H groups in total. The summed E-state index contributed by atoms with van der Waals surface area (Å²) in [4.78, 5) is 50.0. The highest BCUT2D eigenvalue weighted by atomic mass is 35.5. The fourth-order valence-electron chi connectivity index (χ4n) is 2.57. The maximum Gasteiger partial charge on any atom is 0.329 e. The summed E-state index contributed by atoms with van der Waals surface area (Å²) in [6.07, 6.45) is 0.774. The number of halogens is 1. The highest BCUT2D eigenvalue weighted by Crippen LogP contribution is 2.22. The summed E-state index contributed by atoms with van der Waals surface area (Å²) in [5.41, 5.74) is 3.58. The molecule has 1 fully saturated rings. The molecule has 0 spiro atoms. The number of carbonyl (C=O) groups excluding carboxylic acids is 4. The summed E-state index contributed by atoms with van der Waals surface area (Å²) in [5, 5.41) is 6.74. The molecule has 9 nitrogen and oxygen atoms in total. The molecule has 150 valence electrons. The third-order valence-corrected chi connectivity index (χ3v) is 4.70. The Labute approximate surface area is 167 Å². The van der Waals surface area contributed by atoms with Crippen LogP contribution in [0, 0.1) is 6.92 Å². The lowest BCUT2D eigenvalue weighted by atomic mass is 10.2. The first-order valence-corrected chi connectivity index (χ1v) is 9.06. The predicted molar refractivity (Wildman–Crippen MR) is 105 cm³/mol. The third kappa shape index (κ3) is 5.78. The Hall–Kier alpha value is -2.94. The molecule has 0 unspecified atom stereocenters. The van der Waals surface area contributed by atoms with E-state index in [1.54, 1.807) is 41.8 Å². The molecule has 1 aromatic rings. The van der Waals surface area contributed by atoms with Crippen molar-refractivity contribution in [2.75, 3.05) is 31.5 Å². The molecule has 10 heteroatoms. The Morgan fingerprint density at radius 3 is 2.50 bits per heavy atom. The van der Waals surface area contributed by atoms with Crippen molar-refractivity contribution in [3.8, 4) is 0 Å². The van der Waals surface area contributed by atoms with Crippen molar-refractivity contribution in [1.29, 1.82) is 0 Å². The summed E-state index contributed by atoms with van der Waals surface area (Å²) >= 11 is 5.98. The third-order valence-electron chi connectivity index (χ3n) is 4.29. The average molecular weight is 408 g/mol. The van der Waals surface area contributed by atoms with Crippen LogP contribution in [0.25, 0.3) is 0 Å². The summed E-state index contributed by atoms with van der Waals surface area (Å²) in [6, 6.07) is 4.96. The maximum absolute atomic E-state index is 12.2. The van der Waals surface area contributed by atoms with Crippen LogP contribution in [-0.2, 0) is 19.2 Å². The molecular formula is C18H22ClN5O4. The van der Waals surface area contributed by atoms with Gasteiger partial charge in [0.2, 0.25) is 12.3 Å². The van der Waals surface area contributed by atoms with Gasteiger partial charge in [-0.25, -0.2) is 5.43 Å². The minimum Gasteiger partial charge on any atom is -0.342 e. The molecule has 2 rings (SSSR count).